The molecule has 0 aliphatic heterocycles. The normalized spacial score (nSPS) is 11.6. The predicted octanol–water partition coefficient (Wildman–Crippen LogP) is 7.89. The van der Waals surface area contributed by atoms with E-state index in [4.69, 9.17) is 9.47 Å². The monoisotopic (exact) mass is 657 g/mol. The van der Waals surface area contributed by atoms with Crippen molar-refractivity contribution in [3.05, 3.63) is 155 Å². The van der Waals surface area contributed by atoms with Gasteiger partial charge in [0.15, 0.2) is 0 Å². The number of methoxy groups -OCH3 is 2. The van der Waals surface area contributed by atoms with Crippen LogP contribution in [0, 0.1) is 6.92 Å². The third kappa shape index (κ3) is 8.92. The van der Waals surface area contributed by atoms with E-state index >= 15 is 0 Å². The highest BCUT2D eigenvalue weighted by molar-refractivity contribution is 8.00. The molecule has 5 aromatic rings. The van der Waals surface area contributed by atoms with Gasteiger partial charge in [-0.1, -0.05) is 78.4 Å². The summed E-state index contributed by atoms with van der Waals surface area (Å²) in [5.41, 5.74) is 4.25. The van der Waals surface area contributed by atoms with Gasteiger partial charge in [-0.25, -0.2) is 0 Å². The molecule has 0 bridgehead atoms. The Balaban J connectivity index is 1.33. The SMILES string of the molecule is COc1ccc(NC(=O)C(Sc2ccc(NC(=O)/C(=C/c3ccc(C)cc3)NC(=O)c3ccccc3)cc2)c2ccccc2)c(OC)c1. The molecule has 242 valence electrons. The highest BCUT2D eigenvalue weighted by Crippen LogP contribution is 2.38. The van der Waals surface area contributed by atoms with Crippen LogP contribution in [0.3, 0.4) is 0 Å². The Morgan fingerprint density at radius 3 is 2.04 bits per heavy atom. The maximum Gasteiger partial charge on any atom is 0.272 e. The van der Waals surface area contributed by atoms with E-state index in [1.54, 1.807) is 67.8 Å². The first-order valence-electron chi connectivity index (χ1n) is 15.1. The van der Waals surface area contributed by atoms with Crippen LogP contribution in [-0.4, -0.2) is 31.9 Å². The Morgan fingerprint density at radius 2 is 1.40 bits per heavy atom. The zero-order chi connectivity index (χ0) is 33.9. The van der Waals surface area contributed by atoms with Gasteiger partial charge in [-0.15, -0.1) is 11.8 Å². The number of ether oxygens (including phenoxy) is 2. The molecule has 1 atom stereocenters. The molecule has 3 amide bonds. The number of aryl methyl sites for hydroxylation is 1. The molecule has 48 heavy (non-hydrogen) atoms. The standard InChI is InChI=1S/C39H35N3O5S/c1-26-14-16-27(17-15-26)24-34(42-37(43)29-12-8-5-9-13-29)38(44)40-30-18-21-32(22-19-30)48-36(28-10-6-4-7-11-28)39(45)41-33-23-20-31(46-2)25-35(33)47-3/h4-25,36H,1-3H3,(H,40,44)(H,41,45)(H,42,43)/b34-24-. The number of amides is 3. The van der Waals surface area contributed by atoms with Crippen LogP contribution in [0.1, 0.15) is 32.3 Å². The highest BCUT2D eigenvalue weighted by Gasteiger charge is 2.24. The van der Waals surface area contributed by atoms with Gasteiger partial charge in [-0.05, 0) is 72.7 Å². The summed E-state index contributed by atoms with van der Waals surface area (Å²) in [6.45, 7) is 1.98. The van der Waals surface area contributed by atoms with Crippen molar-refractivity contribution in [1.82, 2.24) is 5.32 Å². The maximum atomic E-state index is 13.7. The summed E-state index contributed by atoms with van der Waals surface area (Å²) in [4.78, 5) is 40.9. The Hall–Kier alpha value is -5.80. The van der Waals surface area contributed by atoms with Crippen LogP contribution in [0.25, 0.3) is 6.08 Å². The minimum absolute atomic E-state index is 0.0981. The van der Waals surface area contributed by atoms with Crippen molar-refractivity contribution in [2.75, 3.05) is 24.9 Å². The van der Waals surface area contributed by atoms with Gasteiger partial charge in [0.1, 0.15) is 22.4 Å². The zero-order valence-corrected chi connectivity index (χ0v) is 27.5. The van der Waals surface area contributed by atoms with Crippen LogP contribution in [0.15, 0.2) is 138 Å². The van der Waals surface area contributed by atoms with Gasteiger partial charge in [-0.2, -0.15) is 0 Å². The van der Waals surface area contributed by atoms with Gasteiger partial charge >= 0.3 is 0 Å². The third-order valence-corrected chi connectivity index (χ3v) is 8.56. The molecule has 0 aliphatic carbocycles. The first-order valence-corrected chi connectivity index (χ1v) is 16.0. The molecule has 1 unspecified atom stereocenters. The summed E-state index contributed by atoms with van der Waals surface area (Å²) in [5.74, 6) is -0.00612. The van der Waals surface area contributed by atoms with Gasteiger partial charge in [0, 0.05) is 22.2 Å². The quantitative estimate of drug-likeness (QED) is 0.0931. The molecule has 8 nitrogen and oxygen atoms in total. The molecular formula is C39H35N3O5S. The third-order valence-electron chi connectivity index (χ3n) is 7.29. The number of nitrogens with one attached hydrogen (secondary N) is 3. The Bertz CT molecular complexity index is 1890. The van der Waals surface area contributed by atoms with Crippen molar-refractivity contribution in [2.45, 2.75) is 17.1 Å². The van der Waals surface area contributed by atoms with E-state index in [0.717, 1.165) is 21.6 Å². The molecule has 0 saturated carbocycles. The lowest BCUT2D eigenvalue weighted by Gasteiger charge is -2.19. The van der Waals surface area contributed by atoms with Crippen molar-refractivity contribution >= 4 is 46.9 Å². The number of rotatable bonds is 12. The smallest absolute Gasteiger partial charge is 0.272 e. The van der Waals surface area contributed by atoms with Crippen molar-refractivity contribution < 1.29 is 23.9 Å². The number of carbonyl (C=O) groups excluding carboxylic acids is 3. The molecule has 0 spiro atoms. The second-order valence-electron chi connectivity index (χ2n) is 10.7. The second-order valence-corrected chi connectivity index (χ2v) is 11.9. The molecule has 5 aromatic carbocycles. The molecule has 0 fully saturated rings. The zero-order valence-electron chi connectivity index (χ0n) is 26.7. The summed E-state index contributed by atoms with van der Waals surface area (Å²) in [6, 6.07) is 38.2. The van der Waals surface area contributed by atoms with Crippen molar-refractivity contribution in [3.63, 3.8) is 0 Å². The topological polar surface area (TPSA) is 106 Å². The molecule has 0 saturated heterocycles. The summed E-state index contributed by atoms with van der Waals surface area (Å²) >= 11 is 1.37. The lowest BCUT2D eigenvalue weighted by Crippen LogP contribution is -2.30. The first-order chi connectivity index (χ1) is 23.3. The molecule has 0 heterocycles. The molecule has 0 aliphatic rings. The lowest BCUT2D eigenvalue weighted by atomic mass is 10.1. The molecule has 0 aromatic heterocycles. The van der Waals surface area contributed by atoms with Gasteiger partial charge < -0.3 is 25.4 Å². The van der Waals surface area contributed by atoms with Crippen LogP contribution >= 0.6 is 11.8 Å². The number of carbonyl (C=O) groups is 3. The molecule has 9 heteroatoms. The van der Waals surface area contributed by atoms with Gasteiger partial charge in [0.2, 0.25) is 5.91 Å². The number of hydrogen-bond acceptors (Lipinski definition) is 6. The Morgan fingerprint density at radius 1 is 0.729 bits per heavy atom. The number of benzene rings is 5. The van der Waals surface area contributed by atoms with E-state index in [1.807, 2.05) is 79.7 Å². The summed E-state index contributed by atoms with van der Waals surface area (Å²) < 4.78 is 10.8. The number of anilines is 2. The predicted molar refractivity (Wildman–Crippen MR) is 191 cm³/mol. The summed E-state index contributed by atoms with van der Waals surface area (Å²) in [6.07, 6.45) is 1.64. The Labute approximate surface area is 284 Å². The summed E-state index contributed by atoms with van der Waals surface area (Å²) in [5, 5.41) is 8.06. The van der Waals surface area contributed by atoms with Crippen molar-refractivity contribution in [1.29, 1.82) is 0 Å². The van der Waals surface area contributed by atoms with Crippen LogP contribution in [0.2, 0.25) is 0 Å². The molecule has 3 N–H and O–H groups in total. The van der Waals surface area contributed by atoms with Crippen molar-refractivity contribution in [2.24, 2.45) is 0 Å². The van der Waals surface area contributed by atoms with E-state index in [-0.39, 0.29) is 11.6 Å². The molecular weight excluding hydrogens is 623 g/mol. The fourth-order valence-corrected chi connectivity index (χ4v) is 5.75. The average molecular weight is 658 g/mol. The minimum Gasteiger partial charge on any atom is -0.497 e. The average Bonchev–Trinajstić information content (AvgIpc) is 3.12. The summed E-state index contributed by atoms with van der Waals surface area (Å²) in [7, 11) is 3.10. The van der Waals surface area contributed by atoms with E-state index in [1.165, 1.54) is 18.9 Å². The van der Waals surface area contributed by atoms with Gasteiger partial charge in [0.05, 0.1) is 19.9 Å². The van der Waals surface area contributed by atoms with Crippen LogP contribution in [0.5, 0.6) is 11.5 Å². The van der Waals surface area contributed by atoms with E-state index in [2.05, 4.69) is 16.0 Å². The van der Waals surface area contributed by atoms with Gasteiger partial charge in [-0.3, -0.25) is 14.4 Å². The van der Waals surface area contributed by atoms with E-state index in [0.29, 0.717) is 28.4 Å². The highest BCUT2D eigenvalue weighted by atomic mass is 32.2. The first kappa shape index (κ1) is 33.6. The molecule has 0 radical (unpaired) electrons. The fourth-order valence-electron chi connectivity index (χ4n) is 4.72. The van der Waals surface area contributed by atoms with Crippen molar-refractivity contribution in [3.8, 4) is 11.5 Å². The second kappa shape index (κ2) is 16.2. The van der Waals surface area contributed by atoms with Crippen LogP contribution < -0.4 is 25.4 Å². The maximum absolute atomic E-state index is 13.7. The number of hydrogen-bond donors (Lipinski definition) is 3. The molecule has 5 rings (SSSR count). The van der Waals surface area contributed by atoms with Crippen LogP contribution in [0.4, 0.5) is 11.4 Å². The van der Waals surface area contributed by atoms with Crippen LogP contribution in [-0.2, 0) is 9.59 Å². The Kier molecular flexibility index (Phi) is 11.3. The lowest BCUT2D eigenvalue weighted by molar-refractivity contribution is -0.116. The van der Waals surface area contributed by atoms with Gasteiger partial charge in [0.25, 0.3) is 11.8 Å². The fraction of sp³-hybridized carbons (Fsp3) is 0.103. The van der Waals surface area contributed by atoms with E-state index < -0.39 is 17.1 Å². The largest absolute Gasteiger partial charge is 0.497 e. The van der Waals surface area contributed by atoms with E-state index in [9.17, 15) is 14.4 Å². The number of thioether (sulfide) groups is 1. The minimum atomic E-state index is -0.587.